The predicted molar refractivity (Wildman–Crippen MR) is 92.2 cm³/mol. The average Bonchev–Trinajstić information content (AvgIpc) is 2.28. The summed E-state index contributed by atoms with van der Waals surface area (Å²) in [6.07, 6.45) is 0.0112. The van der Waals surface area contributed by atoms with Gasteiger partial charge in [-0.25, -0.2) is 0 Å². The van der Waals surface area contributed by atoms with Crippen LogP contribution >= 0.6 is 0 Å². The van der Waals surface area contributed by atoms with Gasteiger partial charge in [0.1, 0.15) is 0 Å². The zero-order valence-electron chi connectivity index (χ0n) is 14.6. The lowest BCUT2D eigenvalue weighted by atomic mass is 10.3. The summed E-state index contributed by atoms with van der Waals surface area (Å²) in [7, 11) is -2.47. The summed E-state index contributed by atoms with van der Waals surface area (Å²) in [4.78, 5) is 0. The first kappa shape index (κ1) is 20.5. The predicted octanol–water partition coefficient (Wildman–Crippen LogP) is 3.34. The summed E-state index contributed by atoms with van der Waals surface area (Å²) in [5.74, 6) is 0.685. The molecule has 0 rings (SSSR count). The monoisotopic (exact) mass is 338 g/mol. The first-order valence-corrected chi connectivity index (χ1v) is 15.9. The SMILES string of the molecule is CO[Si](CO)(CC[Si](C)(C)O[Si](C)(C)CC(C)C)OC. The molecule has 0 aliphatic carbocycles. The molecule has 7 heteroatoms. The Morgan fingerprint density at radius 3 is 1.75 bits per heavy atom. The van der Waals surface area contributed by atoms with Gasteiger partial charge in [0.05, 0.1) is 6.23 Å². The third-order valence-corrected chi connectivity index (χ3v) is 14.7. The van der Waals surface area contributed by atoms with Crippen LogP contribution in [-0.4, -0.2) is 50.8 Å². The van der Waals surface area contributed by atoms with Crippen molar-refractivity contribution in [2.75, 3.05) is 20.4 Å². The summed E-state index contributed by atoms with van der Waals surface area (Å²) in [5, 5.41) is 9.52. The van der Waals surface area contributed by atoms with Crippen LogP contribution in [0.4, 0.5) is 0 Å². The van der Waals surface area contributed by atoms with E-state index < -0.39 is 25.2 Å². The maximum absolute atomic E-state index is 9.52. The average molecular weight is 339 g/mol. The molecule has 0 aliphatic heterocycles. The third kappa shape index (κ3) is 7.49. The lowest BCUT2D eigenvalue weighted by Gasteiger charge is -2.36. The zero-order chi connectivity index (χ0) is 16.0. The van der Waals surface area contributed by atoms with Crippen molar-refractivity contribution in [1.82, 2.24) is 0 Å². The van der Waals surface area contributed by atoms with Crippen molar-refractivity contribution < 1.29 is 18.1 Å². The highest BCUT2D eigenvalue weighted by Gasteiger charge is 2.40. The van der Waals surface area contributed by atoms with E-state index in [2.05, 4.69) is 40.0 Å². The number of hydrogen-bond acceptors (Lipinski definition) is 4. The van der Waals surface area contributed by atoms with Gasteiger partial charge in [0, 0.05) is 14.2 Å². The van der Waals surface area contributed by atoms with E-state index >= 15 is 0 Å². The molecule has 0 aromatic heterocycles. The summed E-state index contributed by atoms with van der Waals surface area (Å²) in [5.41, 5.74) is 0. The van der Waals surface area contributed by atoms with Crippen LogP contribution in [0.3, 0.4) is 0 Å². The highest BCUT2D eigenvalue weighted by atomic mass is 28.4. The highest BCUT2D eigenvalue weighted by molar-refractivity contribution is 6.85. The molecule has 20 heavy (non-hydrogen) atoms. The number of aliphatic hydroxyl groups is 1. The number of hydrogen-bond donors (Lipinski definition) is 1. The van der Waals surface area contributed by atoms with Crippen molar-refractivity contribution in [2.24, 2.45) is 5.92 Å². The fraction of sp³-hybridized carbons (Fsp3) is 1.00. The first-order valence-electron chi connectivity index (χ1n) is 7.43. The fourth-order valence-electron chi connectivity index (χ4n) is 2.81. The van der Waals surface area contributed by atoms with Gasteiger partial charge in [-0.3, -0.25) is 0 Å². The van der Waals surface area contributed by atoms with Crippen molar-refractivity contribution in [3.63, 3.8) is 0 Å². The van der Waals surface area contributed by atoms with Crippen molar-refractivity contribution in [3.8, 4) is 0 Å². The fourth-order valence-corrected chi connectivity index (χ4v) is 16.4. The van der Waals surface area contributed by atoms with Crippen LogP contribution < -0.4 is 0 Å². The van der Waals surface area contributed by atoms with Crippen LogP contribution in [0, 0.1) is 5.92 Å². The Bertz CT molecular complexity index is 271. The van der Waals surface area contributed by atoms with Crippen LogP contribution in [0.5, 0.6) is 0 Å². The van der Waals surface area contributed by atoms with Gasteiger partial charge in [-0.1, -0.05) is 13.8 Å². The summed E-state index contributed by atoms with van der Waals surface area (Å²) in [6.45, 7) is 13.7. The zero-order valence-corrected chi connectivity index (χ0v) is 17.6. The van der Waals surface area contributed by atoms with E-state index in [1.807, 2.05) is 0 Å². The van der Waals surface area contributed by atoms with E-state index in [1.54, 1.807) is 14.2 Å². The maximum Gasteiger partial charge on any atom is 0.363 e. The van der Waals surface area contributed by atoms with E-state index in [4.69, 9.17) is 13.0 Å². The quantitative estimate of drug-likeness (QED) is 0.621. The highest BCUT2D eigenvalue weighted by Crippen LogP contribution is 2.28. The van der Waals surface area contributed by atoms with E-state index in [9.17, 15) is 5.11 Å². The van der Waals surface area contributed by atoms with Crippen LogP contribution in [0.2, 0.25) is 44.3 Å². The molecule has 0 aliphatic rings. The van der Waals surface area contributed by atoms with Gasteiger partial charge in [0.15, 0.2) is 16.6 Å². The molecular weight excluding hydrogens is 304 g/mol. The molecule has 0 fully saturated rings. The number of aliphatic hydroxyl groups excluding tert-OH is 1. The summed E-state index contributed by atoms with van der Waals surface area (Å²) >= 11 is 0. The topological polar surface area (TPSA) is 47.9 Å². The van der Waals surface area contributed by atoms with Crippen molar-refractivity contribution in [1.29, 1.82) is 0 Å². The Balaban J connectivity index is 4.59. The lowest BCUT2D eigenvalue weighted by Crippen LogP contribution is -2.49. The molecule has 4 nitrogen and oxygen atoms in total. The van der Waals surface area contributed by atoms with Crippen LogP contribution in [0.15, 0.2) is 0 Å². The second-order valence-corrected chi connectivity index (χ2v) is 19.4. The minimum absolute atomic E-state index is 0.0112. The van der Waals surface area contributed by atoms with Crippen LogP contribution in [0.25, 0.3) is 0 Å². The molecule has 0 radical (unpaired) electrons. The Labute approximate surface area is 128 Å². The van der Waals surface area contributed by atoms with Gasteiger partial charge >= 0.3 is 8.56 Å². The van der Waals surface area contributed by atoms with Gasteiger partial charge in [-0.05, 0) is 50.2 Å². The van der Waals surface area contributed by atoms with Gasteiger partial charge in [-0.15, -0.1) is 0 Å². The second-order valence-electron chi connectivity index (χ2n) is 7.20. The summed E-state index contributed by atoms with van der Waals surface area (Å²) < 4.78 is 17.5. The van der Waals surface area contributed by atoms with Gasteiger partial charge in [0.2, 0.25) is 0 Å². The van der Waals surface area contributed by atoms with E-state index in [-0.39, 0.29) is 6.23 Å². The van der Waals surface area contributed by atoms with E-state index in [1.165, 1.54) is 6.04 Å². The minimum atomic E-state index is -2.41. The Hall–Kier alpha value is 0.491. The molecule has 0 aromatic carbocycles. The van der Waals surface area contributed by atoms with Crippen LogP contribution in [-0.2, 0) is 13.0 Å². The Morgan fingerprint density at radius 2 is 1.40 bits per heavy atom. The number of rotatable bonds is 10. The second kappa shape index (κ2) is 8.21. The Kier molecular flexibility index (Phi) is 8.41. The minimum Gasteiger partial charge on any atom is -0.455 e. The lowest BCUT2D eigenvalue weighted by molar-refractivity contribution is 0.197. The standard InChI is InChI=1S/C13H34O4Si3/c1-13(2)11-19(7,8)17-18(5,6)9-10-20(12-14,15-3)16-4/h13-14H,9-12H2,1-8H3. The first-order chi connectivity index (χ1) is 9.01. The molecule has 122 valence electrons. The third-order valence-electron chi connectivity index (χ3n) is 3.55. The molecule has 1 N–H and O–H groups in total. The Morgan fingerprint density at radius 1 is 0.900 bits per heavy atom. The smallest absolute Gasteiger partial charge is 0.363 e. The molecule has 0 unspecified atom stereocenters. The van der Waals surface area contributed by atoms with Crippen LogP contribution in [0.1, 0.15) is 13.8 Å². The molecule has 0 aromatic rings. The molecule has 0 heterocycles. The van der Waals surface area contributed by atoms with Crippen molar-refractivity contribution in [3.05, 3.63) is 0 Å². The molecule has 0 bridgehead atoms. The summed E-state index contributed by atoms with van der Waals surface area (Å²) in [6, 6.07) is 2.98. The normalized spacial score (nSPS) is 14.1. The largest absolute Gasteiger partial charge is 0.455 e. The van der Waals surface area contributed by atoms with E-state index in [0.29, 0.717) is 5.92 Å². The molecule has 0 saturated carbocycles. The maximum atomic E-state index is 9.52. The molecule has 0 amide bonds. The van der Waals surface area contributed by atoms with Gasteiger partial charge in [0.25, 0.3) is 0 Å². The van der Waals surface area contributed by atoms with Crippen molar-refractivity contribution >= 4 is 25.2 Å². The van der Waals surface area contributed by atoms with Gasteiger partial charge < -0.3 is 18.1 Å². The molecule has 0 spiro atoms. The molecular formula is C13H34O4Si3. The molecule has 0 atom stereocenters. The van der Waals surface area contributed by atoms with Crippen molar-refractivity contribution in [2.45, 2.75) is 58.2 Å². The molecule has 0 saturated heterocycles. The van der Waals surface area contributed by atoms with Gasteiger partial charge in [-0.2, -0.15) is 0 Å². The van der Waals surface area contributed by atoms with E-state index in [0.717, 1.165) is 12.1 Å².